The third kappa shape index (κ3) is 4.00. The zero-order valence-electron chi connectivity index (χ0n) is 13.1. The number of nitrogens with one attached hydrogen (secondary N) is 1. The molecule has 5 nitrogen and oxygen atoms in total. The highest BCUT2D eigenvalue weighted by Crippen LogP contribution is 2.31. The fourth-order valence-corrected chi connectivity index (χ4v) is 3.28. The molecule has 1 aliphatic carbocycles. The largest absolute Gasteiger partial charge is 0.397 e. The topological polar surface area (TPSA) is 80.3 Å². The number of nitrogens with two attached hydrogens (primary N) is 1. The minimum atomic E-state index is -0.763. The van der Waals surface area contributed by atoms with Gasteiger partial charge in [0.2, 0.25) is 0 Å². The van der Waals surface area contributed by atoms with Crippen LogP contribution in [-0.2, 0) is 6.54 Å². The van der Waals surface area contributed by atoms with Gasteiger partial charge in [0.05, 0.1) is 11.3 Å². The van der Waals surface area contributed by atoms with Gasteiger partial charge in [-0.2, -0.15) is 0 Å². The molecule has 0 aromatic carbocycles. The van der Waals surface area contributed by atoms with Crippen LogP contribution in [0.2, 0.25) is 0 Å². The smallest absolute Gasteiger partial charge is 0.268 e. The first-order valence-corrected chi connectivity index (χ1v) is 7.90. The molecule has 21 heavy (non-hydrogen) atoms. The molecule has 0 spiro atoms. The molecule has 1 saturated carbocycles. The Morgan fingerprint density at radius 3 is 3.05 bits per heavy atom. The highest BCUT2D eigenvalue weighted by atomic mass is 16.3. The summed E-state index contributed by atoms with van der Waals surface area (Å²) in [5, 5.41) is 13.4. The van der Waals surface area contributed by atoms with Gasteiger partial charge in [-0.15, -0.1) is 0 Å². The molecule has 1 aromatic heterocycles. The van der Waals surface area contributed by atoms with Crippen LogP contribution in [0.25, 0.3) is 0 Å². The molecule has 0 bridgehead atoms. The lowest BCUT2D eigenvalue weighted by atomic mass is 9.79. The van der Waals surface area contributed by atoms with Crippen LogP contribution in [-0.4, -0.2) is 27.7 Å². The summed E-state index contributed by atoms with van der Waals surface area (Å²) in [7, 11) is 0. The summed E-state index contributed by atoms with van der Waals surface area (Å²) in [6.45, 7) is 5.29. The third-order valence-electron chi connectivity index (χ3n) is 4.26. The Morgan fingerprint density at radius 1 is 1.62 bits per heavy atom. The van der Waals surface area contributed by atoms with Crippen LogP contribution in [0.3, 0.4) is 0 Å². The second-order valence-electron chi connectivity index (χ2n) is 6.46. The number of carbonyl (C=O) groups excluding carboxylic acids is 1. The number of amides is 1. The number of nitrogen functional groups attached to an aromatic ring is 1. The average molecular weight is 293 g/mol. The number of anilines is 1. The Kier molecular flexibility index (Phi) is 4.93. The van der Waals surface area contributed by atoms with E-state index in [1.54, 1.807) is 12.3 Å². The molecule has 118 valence electrons. The van der Waals surface area contributed by atoms with E-state index < -0.39 is 5.60 Å². The fourth-order valence-electron chi connectivity index (χ4n) is 3.28. The van der Waals surface area contributed by atoms with E-state index in [9.17, 15) is 9.90 Å². The molecule has 0 aliphatic heterocycles. The molecule has 1 amide bonds. The summed E-state index contributed by atoms with van der Waals surface area (Å²) in [5.74, 6) is 0.354. The van der Waals surface area contributed by atoms with Crippen molar-refractivity contribution in [2.75, 3.05) is 12.3 Å². The van der Waals surface area contributed by atoms with E-state index in [-0.39, 0.29) is 5.91 Å². The van der Waals surface area contributed by atoms with E-state index in [1.165, 1.54) is 0 Å². The summed E-state index contributed by atoms with van der Waals surface area (Å²) >= 11 is 0. The van der Waals surface area contributed by atoms with Gasteiger partial charge in [0, 0.05) is 19.3 Å². The number of hydrogen-bond acceptors (Lipinski definition) is 3. The number of carbonyl (C=O) groups is 1. The van der Waals surface area contributed by atoms with Gasteiger partial charge in [-0.3, -0.25) is 4.79 Å². The summed E-state index contributed by atoms with van der Waals surface area (Å²) in [4.78, 5) is 12.3. The van der Waals surface area contributed by atoms with Crippen molar-refractivity contribution < 1.29 is 9.90 Å². The third-order valence-corrected chi connectivity index (χ3v) is 4.26. The van der Waals surface area contributed by atoms with E-state index in [0.717, 1.165) is 38.6 Å². The number of nitrogens with zero attached hydrogens (tertiary/aromatic N) is 1. The quantitative estimate of drug-likeness (QED) is 0.778. The van der Waals surface area contributed by atoms with Crippen LogP contribution in [0.4, 0.5) is 5.69 Å². The van der Waals surface area contributed by atoms with Gasteiger partial charge in [-0.25, -0.2) is 0 Å². The monoisotopic (exact) mass is 293 g/mol. The zero-order chi connectivity index (χ0) is 15.5. The summed E-state index contributed by atoms with van der Waals surface area (Å²) < 4.78 is 1.87. The minimum Gasteiger partial charge on any atom is -0.397 e. The first-order chi connectivity index (χ1) is 9.93. The van der Waals surface area contributed by atoms with Gasteiger partial charge in [-0.1, -0.05) is 26.7 Å². The first-order valence-electron chi connectivity index (χ1n) is 7.90. The normalized spacial score (nSPS) is 25.8. The SMILES string of the molecule is CCCn1cc(N)cc1C(=O)NCC1(O)CCCC(C)C1. The summed E-state index contributed by atoms with van der Waals surface area (Å²) in [5.41, 5.74) is 6.18. The van der Waals surface area contributed by atoms with Crippen LogP contribution in [0.15, 0.2) is 12.3 Å². The minimum absolute atomic E-state index is 0.160. The van der Waals surface area contributed by atoms with Gasteiger partial charge in [0.1, 0.15) is 5.69 Å². The van der Waals surface area contributed by atoms with Crippen molar-refractivity contribution in [2.24, 2.45) is 5.92 Å². The summed E-state index contributed by atoms with van der Waals surface area (Å²) in [6.07, 6.45) is 6.42. The molecule has 1 aromatic rings. The van der Waals surface area contributed by atoms with Crippen LogP contribution in [0.5, 0.6) is 0 Å². The molecule has 2 unspecified atom stereocenters. The van der Waals surface area contributed by atoms with Gasteiger partial charge in [0.25, 0.3) is 5.91 Å². The lowest BCUT2D eigenvalue weighted by molar-refractivity contribution is -0.0110. The molecule has 1 aliphatic rings. The van der Waals surface area contributed by atoms with Gasteiger partial charge in [0.15, 0.2) is 0 Å². The molecule has 1 heterocycles. The Balaban J connectivity index is 1.98. The number of aliphatic hydroxyl groups is 1. The Bertz CT molecular complexity index is 498. The number of hydrogen-bond donors (Lipinski definition) is 3. The zero-order valence-corrected chi connectivity index (χ0v) is 13.1. The van der Waals surface area contributed by atoms with Crippen molar-refractivity contribution >= 4 is 11.6 Å². The molecule has 2 atom stereocenters. The molecule has 1 fully saturated rings. The second-order valence-corrected chi connectivity index (χ2v) is 6.46. The van der Waals surface area contributed by atoms with Crippen molar-refractivity contribution in [1.82, 2.24) is 9.88 Å². The van der Waals surface area contributed by atoms with Crippen molar-refractivity contribution in [3.8, 4) is 0 Å². The Morgan fingerprint density at radius 2 is 2.38 bits per heavy atom. The fraction of sp³-hybridized carbons (Fsp3) is 0.688. The second kappa shape index (κ2) is 6.52. The Hall–Kier alpha value is -1.49. The molecule has 0 saturated heterocycles. The molecular weight excluding hydrogens is 266 g/mol. The van der Waals surface area contributed by atoms with Gasteiger partial charge < -0.3 is 20.7 Å². The van der Waals surface area contributed by atoms with Crippen LogP contribution in [0, 0.1) is 5.92 Å². The summed E-state index contributed by atoms with van der Waals surface area (Å²) in [6, 6.07) is 1.69. The number of rotatable bonds is 5. The molecule has 0 radical (unpaired) electrons. The van der Waals surface area contributed by atoms with E-state index in [2.05, 4.69) is 19.2 Å². The van der Waals surface area contributed by atoms with Gasteiger partial charge in [-0.05, 0) is 31.2 Å². The first kappa shape index (κ1) is 15.9. The van der Waals surface area contributed by atoms with Crippen LogP contribution >= 0.6 is 0 Å². The van der Waals surface area contributed by atoms with Crippen molar-refractivity contribution in [1.29, 1.82) is 0 Å². The maximum atomic E-state index is 12.3. The van der Waals surface area contributed by atoms with Crippen LogP contribution < -0.4 is 11.1 Å². The molecule has 4 N–H and O–H groups in total. The lowest BCUT2D eigenvalue weighted by Gasteiger charge is -2.35. The van der Waals surface area contributed by atoms with E-state index in [1.807, 2.05) is 4.57 Å². The van der Waals surface area contributed by atoms with E-state index in [4.69, 9.17) is 5.73 Å². The maximum absolute atomic E-state index is 12.3. The van der Waals surface area contributed by atoms with Crippen molar-refractivity contribution in [3.63, 3.8) is 0 Å². The van der Waals surface area contributed by atoms with E-state index >= 15 is 0 Å². The van der Waals surface area contributed by atoms with Crippen LogP contribution in [0.1, 0.15) is 56.4 Å². The van der Waals surface area contributed by atoms with Crippen molar-refractivity contribution in [3.05, 3.63) is 18.0 Å². The van der Waals surface area contributed by atoms with Crippen molar-refractivity contribution in [2.45, 2.75) is 58.1 Å². The molecular formula is C16H27N3O2. The average Bonchev–Trinajstić information content (AvgIpc) is 2.77. The highest BCUT2D eigenvalue weighted by molar-refractivity contribution is 5.93. The Labute approximate surface area is 126 Å². The standard InChI is InChI=1S/C16H27N3O2/c1-3-7-19-10-13(17)8-14(19)15(20)18-11-16(21)6-4-5-12(2)9-16/h8,10,12,21H,3-7,9,11,17H2,1-2H3,(H,18,20). The van der Waals surface area contributed by atoms with Gasteiger partial charge >= 0.3 is 0 Å². The predicted octanol–water partition coefficient (Wildman–Crippen LogP) is 2.15. The molecule has 5 heteroatoms. The number of aryl methyl sites for hydroxylation is 1. The maximum Gasteiger partial charge on any atom is 0.268 e. The molecule has 2 rings (SSSR count). The predicted molar refractivity (Wildman–Crippen MR) is 84.1 cm³/mol. The highest BCUT2D eigenvalue weighted by Gasteiger charge is 2.33. The van der Waals surface area contributed by atoms with E-state index in [0.29, 0.717) is 23.8 Å². The lowest BCUT2D eigenvalue weighted by Crippen LogP contribution is -2.46. The number of aromatic nitrogens is 1.